The van der Waals surface area contributed by atoms with Crippen molar-refractivity contribution in [3.05, 3.63) is 28.8 Å². The molecular weight excluding hydrogens is 292 g/mol. The lowest BCUT2D eigenvalue weighted by molar-refractivity contribution is -0.122. The lowest BCUT2D eigenvalue weighted by Crippen LogP contribution is -2.50. The molecule has 1 heterocycles. The fourth-order valence-electron chi connectivity index (χ4n) is 2.58. The molecule has 1 aliphatic rings. The van der Waals surface area contributed by atoms with Gasteiger partial charge in [0.1, 0.15) is 0 Å². The second kappa shape index (κ2) is 6.45. The number of carbonyl (C=O) groups is 2. The average Bonchev–Trinajstić information content (AvgIpc) is 2.98. The second-order valence-electron chi connectivity index (χ2n) is 5.11. The van der Waals surface area contributed by atoms with Crippen molar-refractivity contribution in [3.8, 4) is 0 Å². The summed E-state index contributed by atoms with van der Waals surface area (Å²) < 4.78 is 4.67. The summed E-state index contributed by atoms with van der Waals surface area (Å²) in [5.74, 6) is -0.610. The van der Waals surface area contributed by atoms with Crippen molar-refractivity contribution in [1.29, 1.82) is 0 Å². The first-order valence-corrected chi connectivity index (χ1v) is 7.34. The first-order chi connectivity index (χ1) is 10.0. The van der Waals surface area contributed by atoms with Gasteiger partial charge < -0.3 is 15.4 Å². The van der Waals surface area contributed by atoms with Crippen molar-refractivity contribution in [1.82, 2.24) is 5.32 Å². The van der Waals surface area contributed by atoms with E-state index in [4.69, 9.17) is 11.6 Å². The fourth-order valence-corrected chi connectivity index (χ4v) is 2.78. The van der Waals surface area contributed by atoms with Crippen LogP contribution >= 0.6 is 11.6 Å². The Morgan fingerprint density at radius 1 is 1.48 bits per heavy atom. The van der Waals surface area contributed by atoms with Crippen molar-refractivity contribution in [3.63, 3.8) is 0 Å². The Morgan fingerprint density at radius 3 is 2.81 bits per heavy atom. The highest BCUT2D eigenvalue weighted by atomic mass is 35.5. The molecule has 1 aliphatic heterocycles. The van der Waals surface area contributed by atoms with Gasteiger partial charge in [-0.05, 0) is 44.0 Å². The number of carbonyl (C=O) groups excluding carboxylic acids is 2. The topological polar surface area (TPSA) is 67.4 Å². The van der Waals surface area contributed by atoms with Crippen molar-refractivity contribution in [2.75, 3.05) is 19.0 Å². The van der Waals surface area contributed by atoms with Gasteiger partial charge in [0, 0.05) is 5.69 Å². The van der Waals surface area contributed by atoms with Gasteiger partial charge in [-0.3, -0.25) is 4.79 Å². The molecule has 1 saturated heterocycles. The van der Waals surface area contributed by atoms with Crippen molar-refractivity contribution < 1.29 is 14.3 Å². The van der Waals surface area contributed by atoms with E-state index in [2.05, 4.69) is 15.4 Å². The van der Waals surface area contributed by atoms with Crippen LogP contribution in [0.25, 0.3) is 0 Å². The van der Waals surface area contributed by atoms with E-state index in [-0.39, 0.29) is 11.5 Å². The van der Waals surface area contributed by atoms with Gasteiger partial charge in [0.2, 0.25) is 5.91 Å². The van der Waals surface area contributed by atoms with E-state index in [1.165, 1.54) is 13.2 Å². The van der Waals surface area contributed by atoms with Gasteiger partial charge in [-0.1, -0.05) is 18.5 Å². The number of halogens is 1. The lowest BCUT2D eigenvalue weighted by atomic mass is 9.93. The summed E-state index contributed by atoms with van der Waals surface area (Å²) in [7, 11) is 1.29. The zero-order chi connectivity index (χ0) is 15.5. The maximum absolute atomic E-state index is 12.5. The van der Waals surface area contributed by atoms with Gasteiger partial charge in [-0.15, -0.1) is 0 Å². The predicted octanol–water partition coefficient (Wildman–Crippen LogP) is 2.60. The first kappa shape index (κ1) is 15.8. The van der Waals surface area contributed by atoms with Crippen LogP contribution < -0.4 is 10.6 Å². The number of nitrogens with one attached hydrogen (secondary N) is 2. The van der Waals surface area contributed by atoms with E-state index in [0.717, 1.165) is 25.8 Å². The van der Waals surface area contributed by atoms with E-state index >= 15 is 0 Å². The van der Waals surface area contributed by atoms with Gasteiger partial charge in [0.15, 0.2) is 0 Å². The molecule has 1 aromatic carbocycles. The number of esters is 1. The Kier molecular flexibility index (Phi) is 4.85. The molecule has 1 atom stereocenters. The van der Waals surface area contributed by atoms with E-state index in [1.807, 2.05) is 6.92 Å². The third-order valence-electron chi connectivity index (χ3n) is 3.91. The maximum Gasteiger partial charge on any atom is 0.339 e. The third kappa shape index (κ3) is 3.19. The van der Waals surface area contributed by atoms with E-state index in [1.54, 1.807) is 12.1 Å². The molecule has 0 aromatic heterocycles. The molecule has 1 aromatic rings. The second-order valence-corrected chi connectivity index (χ2v) is 5.51. The number of benzene rings is 1. The van der Waals surface area contributed by atoms with Crippen LogP contribution in [0.4, 0.5) is 5.69 Å². The molecule has 6 heteroatoms. The SMILES string of the molecule is CCC1(C(=O)Nc2ccc(Cl)c(C(=O)OC)c2)CCCN1. The summed E-state index contributed by atoms with van der Waals surface area (Å²) in [6.07, 6.45) is 2.51. The van der Waals surface area contributed by atoms with Gasteiger partial charge in [0.25, 0.3) is 0 Å². The molecule has 1 amide bonds. The standard InChI is InChI=1S/C15H19ClN2O3/c1-3-15(7-4-8-17-15)14(20)18-10-5-6-12(16)11(9-10)13(19)21-2/h5-6,9,17H,3-4,7-8H2,1-2H3,(H,18,20). The largest absolute Gasteiger partial charge is 0.465 e. The Hall–Kier alpha value is -1.59. The third-order valence-corrected chi connectivity index (χ3v) is 4.24. The number of hydrogen-bond donors (Lipinski definition) is 2. The summed E-state index contributed by atoms with van der Waals surface area (Å²) in [5.41, 5.74) is 0.249. The molecule has 2 rings (SSSR count). The number of rotatable bonds is 4. The highest BCUT2D eigenvalue weighted by molar-refractivity contribution is 6.33. The minimum atomic E-state index is -0.528. The predicted molar refractivity (Wildman–Crippen MR) is 81.7 cm³/mol. The number of amides is 1. The quantitative estimate of drug-likeness (QED) is 0.839. The molecule has 114 valence electrons. The average molecular weight is 311 g/mol. The fraction of sp³-hybridized carbons (Fsp3) is 0.467. The number of anilines is 1. The van der Waals surface area contributed by atoms with Crippen LogP contribution in [-0.2, 0) is 9.53 Å². The molecular formula is C15H19ClN2O3. The molecule has 0 spiro atoms. The zero-order valence-corrected chi connectivity index (χ0v) is 12.9. The monoisotopic (exact) mass is 310 g/mol. The van der Waals surface area contributed by atoms with Crippen LogP contribution in [0.15, 0.2) is 18.2 Å². The minimum absolute atomic E-state index is 0.0827. The Morgan fingerprint density at radius 2 is 2.24 bits per heavy atom. The van der Waals surface area contributed by atoms with Gasteiger partial charge >= 0.3 is 5.97 Å². The van der Waals surface area contributed by atoms with Crippen LogP contribution in [0, 0.1) is 0 Å². The first-order valence-electron chi connectivity index (χ1n) is 6.97. The van der Waals surface area contributed by atoms with Crippen molar-refractivity contribution >= 4 is 29.2 Å². The summed E-state index contributed by atoms with van der Waals surface area (Å²) in [6, 6.07) is 4.78. The summed E-state index contributed by atoms with van der Waals surface area (Å²) in [5, 5.41) is 6.42. The van der Waals surface area contributed by atoms with Crippen LogP contribution in [0.1, 0.15) is 36.5 Å². The highest BCUT2D eigenvalue weighted by Crippen LogP contribution is 2.26. The van der Waals surface area contributed by atoms with E-state index in [9.17, 15) is 9.59 Å². The molecule has 0 saturated carbocycles. The molecule has 5 nitrogen and oxygen atoms in total. The molecule has 1 fully saturated rings. The van der Waals surface area contributed by atoms with Crippen LogP contribution in [0.5, 0.6) is 0 Å². The van der Waals surface area contributed by atoms with Crippen LogP contribution in [-0.4, -0.2) is 31.1 Å². The molecule has 21 heavy (non-hydrogen) atoms. The van der Waals surface area contributed by atoms with E-state index < -0.39 is 11.5 Å². The lowest BCUT2D eigenvalue weighted by Gasteiger charge is -2.26. The van der Waals surface area contributed by atoms with Crippen molar-refractivity contribution in [2.24, 2.45) is 0 Å². The molecule has 1 unspecified atom stereocenters. The Balaban J connectivity index is 2.20. The molecule has 0 aliphatic carbocycles. The smallest absolute Gasteiger partial charge is 0.339 e. The van der Waals surface area contributed by atoms with Crippen LogP contribution in [0.2, 0.25) is 5.02 Å². The Labute approximate surface area is 129 Å². The van der Waals surface area contributed by atoms with Gasteiger partial charge in [-0.2, -0.15) is 0 Å². The number of ether oxygens (including phenoxy) is 1. The summed E-state index contributed by atoms with van der Waals surface area (Å²) in [6.45, 7) is 2.83. The summed E-state index contributed by atoms with van der Waals surface area (Å²) >= 11 is 5.96. The highest BCUT2D eigenvalue weighted by Gasteiger charge is 2.39. The van der Waals surface area contributed by atoms with Crippen LogP contribution in [0.3, 0.4) is 0 Å². The molecule has 0 radical (unpaired) electrons. The van der Waals surface area contributed by atoms with Gasteiger partial charge in [-0.25, -0.2) is 4.79 Å². The summed E-state index contributed by atoms with van der Waals surface area (Å²) in [4.78, 5) is 24.1. The van der Waals surface area contributed by atoms with Gasteiger partial charge in [0.05, 0.1) is 23.2 Å². The Bertz CT molecular complexity index is 554. The normalized spacial score (nSPS) is 21.1. The number of hydrogen-bond acceptors (Lipinski definition) is 4. The molecule has 0 bridgehead atoms. The molecule has 2 N–H and O–H groups in total. The van der Waals surface area contributed by atoms with Crippen molar-refractivity contribution in [2.45, 2.75) is 31.7 Å². The number of methoxy groups -OCH3 is 1. The maximum atomic E-state index is 12.5. The van der Waals surface area contributed by atoms with E-state index in [0.29, 0.717) is 10.7 Å². The minimum Gasteiger partial charge on any atom is -0.465 e. The zero-order valence-electron chi connectivity index (χ0n) is 12.2.